The molecule has 0 saturated carbocycles. The van der Waals surface area contributed by atoms with Crippen LogP contribution in [-0.2, 0) is 23.1 Å². The molecule has 0 aliphatic carbocycles. The van der Waals surface area contributed by atoms with E-state index in [1.807, 2.05) is 35.9 Å². The zero-order valence-corrected chi connectivity index (χ0v) is 18.1. The van der Waals surface area contributed by atoms with Crippen molar-refractivity contribution in [2.75, 3.05) is 13.2 Å². The number of fused-ring (bicyclic) bond motifs is 1. The van der Waals surface area contributed by atoms with E-state index < -0.39 is 0 Å². The molecule has 3 aromatic rings. The molecule has 6 nitrogen and oxygen atoms in total. The summed E-state index contributed by atoms with van der Waals surface area (Å²) in [5, 5.41) is 7.75. The summed E-state index contributed by atoms with van der Waals surface area (Å²) in [6, 6.07) is 12.1. The molecule has 1 aliphatic rings. The van der Waals surface area contributed by atoms with Gasteiger partial charge in [-0.2, -0.15) is 5.10 Å². The smallest absolute Gasteiger partial charge is 0.254 e. The normalized spacial score (nSPS) is 16.3. The standard InChI is InChI=1S/C24H29N3O3/c1-16-19(12-21(30-16)24(2,3)4)23(28)25-13-20-22-18(10-11-29-20)15-27(26-22)14-17-8-6-5-7-9-17/h5-9,12,15,20H,10-11,13-14H2,1-4H3,(H,25,28). The Balaban J connectivity index is 1.44. The fraction of sp³-hybridized carbons (Fsp3) is 0.417. The van der Waals surface area contributed by atoms with Gasteiger partial charge in [0, 0.05) is 18.2 Å². The van der Waals surface area contributed by atoms with E-state index in [4.69, 9.17) is 14.3 Å². The number of hydrogen-bond donors (Lipinski definition) is 1. The third-order valence-electron chi connectivity index (χ3n) is 5.40. The molecule has 1 amide bonds. The molecule has 1 aliphatic heterocycles. The van der Waals surface area contributed by atoms with E-state index in [2.05, 4.69) is 44.4 Å². The Morgan fingerprint density at radius 1 is 1.27 bits per heavy atom. The van der Waals surface area contributed by atoms with Gasteiger partial charge in [-0.05, 0) is 30.5 Å². The average molecular weight is 408 g/mol. The molecule has 30 heavy (non-hydrogen) atoms. The first kappa shape index (κ1) is 20.4. The van der Waals surface area contributed by atoms with Crippen LogP contribution < -0.4 is 5.32 Å². The predicted molar refractivity (Wildman–Crippen MR) is 115 cm³/mol. The number of hydrogen-bond acceptors (Lipinski definition) is 4. The van der Waals surface area contributed by atoms with Crippen molar-refractivity contribution in [3.05, 3.63) is 76.5 Å². The Bertz CT molecular complexity index is 1030. The number of aryl methyl sites for hydroxylation is 1. The monoisotopic (exact) mass is 407 g/mol. The largest absolute Gasteiger partial charge is 0.465 e. The highest BCUT2D eigenvalue weighted by Crippen LogP contribution is 2.28. The van der Waals surface area contributed by atoms with Crippen LogP contribution in [0, 0.1) is 6.92 Å². The Morgan fingerprint density at radius 3 is 2.73 bits per heavy atom. The Labute approximate surface area is 177 Å². The lowest BCUT2D eigenvalue weighted by Gasteiger charge is -2.22. The second-order valence-electron chi connectivity index (χ2n) is 8.87. The zero-order valence-electron chi connectivity index (χ0n) is 18.1. The van der Waals surface area contributed by atoms with Gasteiger partial charge in [0.15, 0.2) is 0 Å². The third kappa shape index (κ3) is 4.33. The number of carbonyl (C=O) groups excluding carboxylic acids is 1. The summed E-state index contributed by atoms with van der Waals surface area (Å²) < 4.78 is 13.7. The number of amides is 1. The van der Waals surface area contributed by atoms with Gasteiger partial charge in [0.25, 0.3) is 5.91 Å². The highest BCUT2D eigenvalue weighted by Gasteiger charge is 2.27. The number of carbonyl (C=O) groups is 1. The first-order chi connectivity index (χ1) is 14.3. The quantitative estimate of drug-likeness (QED) is 0.689. The number of benzene rings is 1. The van der Waals surface area contributed by atoms with Gasteiger partial charge in [0.1, 0.15) is 17.6 Å². The highest BCUT2D eigenvalue weighted by molar-refractivity contribution is 5.95. The number of nitrogens with one attached hydrogen (secondary N) is 1. The van der Waals surface area contributed by atoms with E-state index in [0.717, 1.165) is 24.4 Å². The lowest BCUT2D eigenvalue weighted by atomic mass is 9.93. The molecule has 0 spiro atoms. The fourth-order valence-electron chi connectivity index (χ4n) is 3.70. The summed E-state index contributed by atoms with van der Waals surface area (Å²) in [6.07, 6.45) is 2.68. The lowest BCUT2D eigenvalue weighted by molar-refractivity contribution is 0.0383. The minimum Gasteiger partial charge on any atom is -0.465 e. The maximum absolute atomic E-state index is 12.8. The molecule has 1 N–H and O–H groups in total. The molecule has 2 aromatic heterocycles. The van der Waals surface area contributed by atoms with E-state index >= 15 is 0 Å². The van der Waals surface area contributed by atoms with Gasteiger partial charge in [-0.15, -0.1) is 0 Å². The average Bonchev–Trinajstić information content (AvgIpc) is 3.30. The molecule has 1 aromatic carbocycles. The maximum Gasteiger partial charge on any atom is 0.254 e. The van der Waals surface area contributed by atoms with Crippen molar-refractivity contribution in [3.63, 3.8) is 0 Å². The van der Waals surface area contributed by atoms with Crippen molar-refractivity contribution in [1.82, 2.24) is 15.1 Å². The number of aromatic nitrogens is 2. The summed E-state index contributed by atoms with van der Waals surface area (Å²) in [4.78, 5) is 12.8. The van der Waals surface area contributed by atoms with E-state index in [1.165, 1.54) is 11.1 Å². The molecule has 6 heteroatoms. The summed E-state index contributed by atoms with van der Waals surface area (Å²) in [6.45, 7) is 9.75. The van der Waals surface area contributed by atoms with E-state index in [1.54, 1.807) is 0 Å². The van der Waals surface area contributed by atoms with Crippen LogP contribution in [0.2, 0.25) is 0 Å². The van der Waals surface area contributed by atoms with Crippen LogP contribution in [0.3, 0.4) is 0 Å². The van der Waals surface area contributed by atoms with Crippen molar-refractivity contribution in [3.8, 4) is 0 Å². The van der Waals surface area contributed by atoms with Gasteiger partial charge in [-0.1, -0.05) is 51.1 Å². The van der Waals surface area contributed by atoms with Crippen LogP contribution >= 0.6 is 0 Å². The number of nitrogens with zero attached hydrogens (tertiary/aromatic N) is 2. The van der Waals surface area contributed by atoms with Gasteiger partial charge >= 0.3 is 0 Å². The van der Waals surface area contributed by atoms with Crippen LogP contribution in [0.4, 0.5) is 0 Å². The first-order valence-corrected chi connectivity index (χ1v) is 10.4. The summed E-state index contributed by atoms with van der Waals surface area (Å²) in [7, 11) is 0. The minimum absolute atomic E-state index is 0.143. The Hall–Kier alpha value is -2.86. The van der Waals surface area contributed by atoms with E-state index in [9.17, 15) is 4.79 Å². The van der Waals surface area contributed by atoms with Gasteiger partial charge in [-0.25, -0.2) is 0 Å². The second kappa shape index (κ2) is 8.11. The van der Waals surface area contributed by atoms with Crippen LogP contribution in [-0.4, -0.2) is 28.8 Å². The maximum atomic E-state index is 12.8. The summed E-state index contributed by atoms with van der Waals surface area (Å²) >= 11 is 0. The van der Waals surface area contributed by atoms with Gasteiger partial charge in [0.2, 0.25) is 0 Å². The van der Waals surface area contributed by atoms with Crippen molar-refractivity contribution < 1.29 is 13.9 Å². The first-order valence-electron chi connectivity index (χ1n) is 10.4. The molecule has 1 atom stereocenters. The molecule has 1 unspecified atom stereocenters. The fourth-order valence-corrected chi connectivity index (χ4v) is 3.70. The van der Waals surface area contributed by atoms with Crippen LogP contribution in [0.1, 0.15) is 65.6 Å². The minimum atomic E-state index is -0.246. The molecule has 0 bridgehead atoms. The number of ether oxygens (including phenoxy) is 1. The lowest BCUT2D eigenvalue weighted by Crippen LogP contribution is -2.32. The molecular formula is C24H29N3O3. The number of rotatable bonds is 5. The highest BCUT2D eigenvalue weighted by atomic mass is 16.5. The SMILES string of the molecule is Cc1oc(C(C)(C)C)cc1C(=O)NCC1OCCc2cn(Cc3ccccc3)nc21. The van der Waals surface area contributed by atoms with Gasteiger partial charge in [0.05, 0.1) is 24.4 Å². The summed E-state index contributed by atoms with van der Waals surface area (Å²) in [5.41, 5.74) is 3.73. The van der Waals surface area contributed by atoms with Crippen LogP contribution in [0.5, 0.6) is 0 Å². The molecule has 0 saturated heterocycles. The molecule has 0 fully saturated rings. The Morgan fingerprint density at radius 2 is 2.03 bits per heavy atom. The van der Waals surface area contributed by atoms with E-state index in [-0.39, 0.29) is 17.4 Å². The van der Waals surface area contributed by atoms with Crippen molar-refractivity contribution in [2.24, 2.45) is 0 Å². The van der Waals surface area contributed by atoms with Crippen molar-refractivity contribution >= 4 is 5.91 Å². The predicted octanol–water partition coefficient (Wildman–Crippen LogP) is 4.17. The van der Waals surface area contributed by atoms with Crippen LogP contribution in [0.25, 0.3) is 0 Å². The molecule has 158 valence electrons. The molecule has 4 rings (SSSR count). The van der Waals surface area contributed by atoms with Crippen LogP contribution in [0.15, 0.2) is 47.0 Å². The molecule has 0 radical (unpaired) electrons. The topological polar surface area (TPSA) is 69.3 Å². The number of furan rings is 1. The third-order valence-corrected chi connectivity index (χ3v) is 5.40. The van der Waals surface area contributed by atoms with Crippen molar-refractivity contribution in [2.45, 2.75) is 52.2 Å². The molecule has 3 heterocycles. The molecular weight excluding hydrogens is 378 g/mol. The summed E-state index contributed by atoms with van der Waals surface area (Å²) in [5.74, 6) is 1.29. The van der Waals surface area contributed by atoms with Gasteiger partial charge in [-0.3, -0.25) is 9.48 Å². The van der Waals surface area contributed by atoms with Crippen molar-refractivity contribution in [1.29, 1.82) is 0 Å². The zero-order chi connectivity index (χ0) is 21.3. The second-order valence-corrected chi connectivity index (χ2v) is 8.87. The van der Waals surface area contributed by atoms with Gasteiger partial charge < -0.3 is 14.5 Å². The Kier molecular flexibility index (Phi) is 5.52. The van der Waals surface area contributed by atoms with E-state index in [0.29, 0.717) is 24.5 Å².